The highest BCUT2D eigenvalue weighted by Crippen LogP contribution is 2.25. The van der Waals surface area contributed by atoms with E-state index in [9.17, 15) is 0 Å². The van der Waals surface area contributed by atoms with E-state index < -0.39 is 0 Å². The minimum atomic E-state index is 0.629. The first-order chi connectivity index (χ1) is 8.25. The Labute approximate surface area is 98.5 Å². The van der Waals surface area contributed by atoms with Crippen LogP contribution in [0.3, 0.4) is 0 Å². The Balaban J connectivity index is 2.26. The van der Waals surface area contributed by atoms with E-state index in [4.69, 9.17) is 5.73 Å². The summed E-state index contributed by atoms with van der Waals surface area (Å²) >= 11 is 0. The highest BCUT2D eigenvalue weighted by molar-refractivity contribution is 5.84. The molecule has 2 aromatic heterocycles. The summed E-state index contributed by atoms with van der Waals surface area (Å²) in [6, 6.07) is 7.93. The molecule has 4 heteroatoms. The Morgan fingerprint density at radius 3 is 2.88 bits per heavy atom. The van der Waals surface area contributed by atoms with Crippen LogP contribution in [0.5, 0.6) is 0 Å². The van der Waals surface area contributed by atoms with Crippen LogP contribution in [0.25, 0.3) is 22.4 Å². The predicted molar refractivity (Wildman–Crippen MR) is 68.5 cm³/mol. The second-order valence-electron chi connectivity index (χ2n) is 4.02. The number of fused-ring (bicyclic) bond motifs is 1. The van der Waals surface area contributed by atoms with Gasteiger partial charge in [0.15, 0.2) is 0 Å². The molecule has 84 valence electrons. The van der Waals surface area contributed by atoms with Crippen LogP contribution in [0.2, 0.25) is 0 Å². The van der Waals surface area contributed by atoms with Crippen LogP contribution in [0.1, 0.15) is 5.56 Å². The Hall–Kier alpha value is -2.36. The minimum Gasteiger partial charge on any atom is -0.397 e. The average Bonchev–Trinajstić information content (AvgIpc) is 2.75. The number of rotatable bonds is 1. The van der Waals surface area contributed by atoms with E-state index in [0.717, 1.165) is 28.0 Å². The zero-order chi connectivity index (χ0) is 11.8. The summed E-state index contributed by atoms with van der Waals surface area (Å²) in [5.74, 6) is 0.786. The molecule has 4 nitrogen and oxygen atoms in total. The van der Waals surface area contributed by atoms with E-state index in [1.54, 1.807) is 12.4 Å². The van der Waals surface area contributed by atoms with Gasteiger partial charge in [-0.15, -0.1) is 0 Å². The lowest BCUT2D eigenvalue weighted by molar-refractivity contribution is 1.29. The molecular weight excluding hydrogens is 212 g/mol. The number of hydrogen-bond acceptors (Lipinski definition) is 3. The van der Waals surface area contributed by atoms with E-state index >= 15 is 0 Å². The van der Waals surface area contributed by atoms with Gasteiger partial charge >= 0.3 is 0 Å². The highest BCUT2D eigenvalue weighted by atomic mass is 14.9. The number of imidazole rings is 1. The van der Waals surface area contributed by atoms with Gasteiger partial charge in [0, 0.05) is 11.8 Å². The van der Waals surface area contributed by atoms with Gasteiger partial charge in [0.05, 0.1) is 22.9 Å². The molecule has 0 saturated carbocycles. The standard InChI is InChI=1S/C13H12N4/c1-8-3-2-4-11-12(8)17-13(16-11)9-5-6-15-7-10(9)14/h2-7H,14H2,1H3,(H,16,17). The molecule has 0 aliphatic carbocycles. The molecule has 0 amide bonds. The molecule has 0 aliphatic rings. The molecule has 0 fully saturated rings. The van der Waals surface area contributed by atoms with Crippen molar-refractivity contribution in [1.29, 1.82) is 0 Å². The highest BCUT2D eigenvalue weighted by Gasteiger charge is 2.08. The summed E-state index contributed by atoms with van der Waals surface area (Å²) in [6.07, 6.45) is 3.35. The number of aromatic nitrogens is 3. The van der Waals surface area contributed by atoms with Gasteiger partial charge in [-0.05, 0) is 24.6 Å². The molecular formula is C13H12N4. The van der Waals surface area contributed by atoms with E-state index in [0.29, 0.717) is 5.69 Å². The quantitative estimate of drug-likeness (QED) is 0.667. The van der Waals surface area contributed by atoms with Crippen molar-refractivity contribution in [2.45, 2.75) is 6.92 Å². The molecule has 0 saturated heterocycles. The fourth-order valence-corrected chi connectivity index (χ4v) is 1.93. The van der Waals surface area contributed by atoms with Crippen molar-refractivity contribution in [3.8, 4) is 11.4 Å². The maximum atomic E-state index is 5.89. The Morgan fingerprint density at radius 2 is 2.12 bits per heavy atom. The van der Waals surface area contributed by atoms with Crippen molar-refractivity contribution >= 4 is 16.7 Å². The predicted octanol–water partition coefficient (Wildman–Crippen LogP) is 2.52. The zero-order valence-corrected chi connectivity index (χ0v) is 9.44. The van der Waals surface area contributed by atoms with Gasteiger partial charge < -0.3 is 10.7 Å². The van der Waals surface area contributed by atoms with Crippen LogP contribution >= 0.6 is 0 Å². The molecule has 3 rings (SSSR count). The van der Waals surface area contributed by atoms with Crippen LogP contribution in [0.4, 0.5) is 5.69 Å². The molecule has 2 heterocycles. The molecule has 0 radical (unpaired) electrons. The molecule has 0 bridgehead atoms. The number of benzene rings is 1. The molecule has 3 N–H and O–H groups in total. The summed E-state index contributed by atoms with van der Waals surface area (Å²) in [6.45, 7) is 2.04. The lowest BCUT2D eigenvalue weighted by Gasteiger charge is -1.99. The topological polar surface area (TPSA) is 67.6 Å². The van der Waals surface area contributed by atoms with Gasteiger partial charge in [0.1, 0.15) is 5.82 Å². The summed E-state index contributed by atoms with van der Waals surface area (Å²) in [5, 5.41) is 0. The molecule has 17 heavy (non-hydrogen) atoms. The van der Waals surface area contributed by atoms with Crippen molar-refractivity contribution in [3.05, 3.63) is 42.2 Å². The smallest absolute Gasteiger partial charge is 0.140 e. The van der Waals surface area contributed by atoms with Gasteiger partial charge in [-0.1, -0.05) is 12.1 Å². The number of aromatic amines is 1. The number of para-hydroxylation sites is 1. The zero-order valence-electron chi connectivity index (χ0n) is 9.44. The second-order valence-corrected chi connectivity index (χ2v) is 4.02. The van der Waals surface area contributed by atoms with Crippen molar-refractivity contribution < 1.29 is 0 Å². The SMILES string of the molecule is Cc1cccc2[nH]c(-c3ccncc3N)nc12. The fourth-order valence-electron chi connectivity index (χ4n) is 1.93. The molecule has 0 unspecified atom stereocenters. The Bertz CT molecular complexity index is 685. The fraction of sp³-hybridized carbons (Fsp3) is 0.0769. The lowest BCUT2D eigenvalue weighted by atomic mass is 10.2. The van der Waals surface area contributed by atoms with E-state index in [1.165, 1.54) is 0 Å². The largest absolute Gasteiger partial charge is 0.397 e. The van der Waals surface area contributed by atoms with Crippen LogP contribution in [0, 0.1) is 6.92 Å². The minimum absolute atomic E-state index is 0.629. The molecule has 3 aromatic rings. The van der Waals surface area contributed by atoms with Gasteiger partial charge in [-0.3, -0.25) is 4.98 Å². The maximum absolute atomic E-state index is 5.89. The van der Waals surface area contributed by atoms with E-state index in [2.05, 4.69) is 15.0 Å². The third-order valence-electron chi connectivity index (χ3n) is 2.82. The van der Waals surface area contributed by atoms with E-state index in [-0.39, 0.29) is 0 Å². The number of nitrogen functional groups attached to an aromatic ring is 1. The van der Waals surface area contributed by atoms with Gasteiger partial charge in [-0.2, -0.15) is 0 Å². The first-order valence-corrected chi connectivity index (χ1v) is 5.41. The number of hydrogen-bond donors (Lipinski definition) is 2. The summed E-state index contributed by atoms with van der Waals surface area (Å²) in [4.78, 5) is 11.8. The van der Waals surface area contributed by atoms with E-state index in [1.807, 2.05) is 31.2 Å². The summed E-state index contributed by atoms with van der Waals surface area (Å²) in [7, 11) is 0. The first-order valence-electron chi connectivity index (χ1n) is 5.41. The van der Waals surface area contributed by atoms with Crippen LogP contribution in [-0.2, 0) is 0 Å². The van der Waals surface area contributed by atoms with Crippen LogP contribution < -0.4 is 5.73 Å². The second kappa shape index (κ2) is 3.59. The third kappa shape index (κ3) is 1.54. The van der Waals surface area contributed by atoms with Crippen molar-refractivity contribution in [2.75, 3.05) is 5.73 Å². The number of aryl methyl sites for hydroxylation is 1. The van der Waals surface area contributed by atoms with Crippen molar-refractivity contribution in [1.82, 2.24) is 15.0 Å². The monoisotopic (exact) mass is 224 g/mol. The first kappa shape index (κ1) is 9.84. The van der Waals surface area contributed by atoms with Gasteiger partial charge in [0.25, 0.3) is 0 Å². The Morgan fingerprint density at radius 1 is 1.24 bits per heavy atom. The maximum Gasteiger partial charge on any atom is 0.140 e. The van der Waals surface area contributed by atoms with Gasteiger partial charge in [-0.25, -0.2) is 4.98 Å². The average molecular weight is 224 g/mol. The number of pyridine rings is 1. The summed E-state index contributed by atoms with van der Waals surface area (Å²) < 4.78 is 0. The lowest BCUT2D eigenvalue weighted by Crippen LogP contribution is -1.91. The number of anilines is 1. The third-order valence-corrected chi connectivity index (χ3v) is 2.82. The number of nitrogens with zero attached hydrogens (tertiary/aromatic N) is 2. The van der Waals surface area contributed by atoms with Crippen LogP contribution in [0.15, 0.2) is 36.7 Å². The normalized spacial score (nSPS) is 10.9. The number of nitrogens with one attached hydrogen (secondary N) is 1. The molecule has 0 atom stereocenters. The Kier molecular flexibility index (Phi) is 2.08. The number of nitrogens with two attached hydrogens (primary N) is 1. The van der Waals surface area contributed by atoms with Crippen molar-refractivity contribution in [2.24, 2.45) is 0 Å². The van der Waals surface area contributed by atoms with Gasteiger partial charge in [0.2, 0.25) is 0 Å². The molecule has 0 spiro atoms. The molecule has 1 aromatic carbocycles. The van der Waals surface area contributed by atoms with Crippen molar-refractivity contribution in [3.63, 3.8) is 0 Å². The summed E-state index contributed by atoms with van der Waals surface area (Å²) in [5.41, 5.74) is 10.6. The number of H-pyrrole nitrogens is 1. The van der Waals surface area contributed by atoms with Crippen LogP contribution in [-0.4, -0.2) is 15.0 Å². The molecule has 0 aliphatic heterocycles.